The smallest absolute Gasteiger partial charge is 0.314 e. The molecule has 0 aliphatic carbocycles. The first kappa shape index (κ1) is 19.4. The van der Waals surface area contributed by atoms with Crippen molar-refractivity contribution in [1.82, 2.24) is 10.2 Å². The number of nitrogens with zero attached hydrogens (tertiary/aromatic N) is 1. The van der Waals surface area contributed by atoms with Crippen molar-refractivity contribution in [3.05, 3.63) is 35.9 Å². The van der Waals surface area contributed by atoms with Gasteiger partial charge in [0.05, 0.1) is 12.1 Å². The van der Waals surface area contributed by atoms with Crippen molar-refractivity contribution in [3.8, 4) is 0 Å². The van der Waals surface area contributed by atoms with Crippen molar-refractivity contribution in [2.75, 3.05) is 19.7 Å². The van der Waals surface area contributed by atoms with Gasteiger partial charge in [0, 0.05) is 19.5 Å². The minimum absolute atomic E-state index is 0.0614. The van der Waals surface area contributed by atoms with Gasteiger partial charge in [0.1, 0.15) is 12.0 Å². The van der Waals surface area contributed by atoms with E-state index in [1.807, 2.05) is 30.3 Å². The summed E-state index contributed by atoms with van der Waals surface area (Å²) in [4.78, 5) is 38.6. The number of carbonyl (C=O) groups is 3. The number of benzene rings is 1. The first-order valence-electron chi connectivity index (χ1n) is 9.45. The number of aryl methyl sites for hydroxylation is 1. The van der Waals surface area contributed by atoms with Crippen LogP contribution in [0, 0.1) is 5.92 Å². The van der Waals surface area contributed by atoms with Crippen molar-refractivity contribution in [2.45, 2.75) is 44.2 Å². The van der Waals surface area contributed by atoms with Crippen LogP contribution in [0.25, 0.3) is 0 Å². The molecule has 7 heteroatoms. The highest BCUT2D eigenvalue weighted by Gasteiger charge is 2.57. The van der Waals surface area contributed by atoms with Gasteiger partial charge in [0.2, 0.25) is 11.8 Å². The Bertz CT molecular complexity index is 698. The molecule has 1 aromatic carbocycles. The van der Waals surface area contributed by atoms with Crippen molar-refractivity contribution in [2.24, 2.45) is 5.92 Å². The van der Waals surface area contributed by atoms with Crippen LogP contribution < -0.4 is 5.32 Å². The molecule has 1 aromatic rings. The lowest BCUT2D eigenvalue weighted by Gasteiger charge is -2.42. The van der Waals surface area contributed by atoms with Crippen LogP contribution in [0.3, 0.4) is 0 Å². The van der Waals surface area contributed by atoms with Gasteiger partial charge in [-0.25, -0.2) is 0 Å². The lowest BCUT2D eigenvalue weighted by molar-refractivity contribution is -0.155. The maximum Gasteiger partial charge on any atom is 0.314 e. The number of carbonyl (C=O) groups excluding carboxylic acids is 3. The third-order valence-corrected chi connectivity index (χ3v) is 5.57. The van der Waals surface area contributed by atoms with Crippen LogP contribution in [-0.2, 0) is 25.5 Å². The number of amides is 2. The molecule has 146 valence electrons. The predicted molar refractivity (Wildman–Crippen MR) is 97.6 cm³/mol. The first-order valence-corrected chi connectivity index (χ1v) is 9.45. The molecule has 2 amide bonds. The lowest BCUT2D eigenvalue weighted by atomic mass is 9.76. The maximum atomic E-state index is 12.5. The topological polar surface area (TPSA) is 95.9 Å². The van der Waals surface area contributed by atoms with E-state index in [9.17, 15) is 19.5 Å². The van der Waals surface area contributed by atoms with E-state index >= 15 is 0 Å². The lowest BCUT2D eigenvalue weighted by Crippen LogP contribution is -2.57. The summed E-state index contributed by atoms with van der Waals surface area (Å²) < 4.78 is 5.06. The minimum Gasteiger partial charge on any atom is -0.466 e. The summed E-state index contributed by atoms with van der Waals surface area (Å²) in [5.74, 6) is -1.97. The van der Waals surface area contributed by atoms with E-state index in [1.165, 1.54) is 0 Å². The van der Waals surface area contributed by atoms with Crippen LogP contribution in [-0.4, -0.2) is 59.1 Å². The molecule has 2 aliphatic rings. The Balaban J connectivity index is 1.60. The Morgan fingerprint density at radius 2 is 1.93 bits per heavy atom. The quantitative estimate of drug-likeness (QED) is 0.738. The number of ether oxygens (including phenoxy) is 1. The van der Waals surface area contributed by atoms with E-state index in [0.29, 0.717) is 38.8 Å². The van der Waals surface area contributed by atoms with Crippen molar-refractivity contribution in [3.63, 3.8) is 0 Å². The molecule has 27 heavy (non-hydrogen) atoms. The Hall–Kier alpha value is -2.41. The average molecular weight is 374 g/mol. The Labute approximate surface area is 158 Å². The Morgan fingerprint density at radius 1 is 1.26 bits per heavy atom. The Kier molecular flexibility index (Phi) is 5.79. The minimum atomic E-state index is -1.40. The van der Waals surface area contributed by atoms with Crippen LogP contribution in [0.5, 0.6) is 0 Å². The van der Waals surface area contributed by atoms with E-state index < -0.39 is 29.4 Å². The molecule has 1 spiro atoms. The van der Waals surface area contributed by atoms with Crippen LogP contribution in [0.15, 0.2) is 30.3 Å². The number of aliphatic hydroxyl groups is 1. The molecule has 2 saturated heterocycles. The summed E-state index contributed by atoms with van der Waals surface area (Å²) in [6, 6.07) is 9.84. The molecule has 0 radical (unpaired) electrons. The number of likely N-dealkylation sites (tertiary alicyclic amines) is 1. The zero-order chi connectivity index (χ0) is 19.4. The number of hydrogen-bond acceptors (Lipinski definition) is 5. The van der Waals surface area contributed by atoms with Gasteiger partial charge in [-0.1, -0.05) is 30.3 Å². The second kappa shape index (κ2) is 8.08. The van der Waals surface area contributed by atoms with Crippen molar-refractivity contribution in [1.29, 1.82) is 0 Å². The van der Waals surface area contributed by atoms with Gasteiger partial charge in [-0.2, -0.15) is 0 Å². The van der Waals surface area contributed by atoms with Crippen LogP contribution in [0.2, 0.25) is 0 Å². The fourth-order valence-electron chi connectivity index (χ4n) is 4.08. The number of hydrogen-bond donors (Lipinski definition) is 2. The first-order chi connectivity index (χ1) is 13.0. The zero-order valence-electron chi connectivity index (χ0n) is 15.5. The molecular formula is C20H26N2O5. The van der Waals surface area contributed by atoms with Gasteiger partial charge in [0.15, 0.2) is 0 Å². The maximum absolute atomic E-state index is 12.5. The van der Waals surface area contributed by atoms with Crippen LogP contribution in [0.1, 0.15) is 31.7 Å². The van der Waals surface area contributed by atoms with E-state index in [0.717, 1.165) is 5.56 Å². The van der Waals surface area contributed by atoms with Gasteiger partial charge in [-0.3, -0.25) is 14.4 Å². The number of esters is 1. The zero-order valence-corrected chi connectivity index (χ0v) is 15.5. The fourth-order valence-corrected chi connectivity index (χ4v) is 4.08. The molecule has 0 bridgehead atoms. The largest absolute Gasteiger partial charge is 0.466 e. The van der Waals surface area contributed by atoms with Gasteiger partial charge >= 0.3 is 5.97 Å². The molecule has 2 aliphatic heterocycles. The second-order valence-electron chi connectivity index (χ2n) is 7.19. The molecular weight excluding hydrogens is 348 g/mol. The summed E-state index contributed by atoms with van der Waals surface area (Å²) >= 11 is 0. The second-order valence-corrected chi connectivity index (χ2v) is 7.19. The van der Waals surface area contributed by atoms with E-state index in [1.54, 1.807) is 11.8 Å². The molecule has 3 rings (SSSR count). The third-order valence-electron chi connectivity index (χ3n) is 5.57. The van der Waals surface area contributed by atoms with Crippen LogP contribution in [0.4, 0.5) is 0 Å². The molecule has 2 atom stereocenters. The number of aliphatic hydroxyl groups excluding tert-OH is 1. The molecule has 2 heterocycles. The Morgan fingerprint density at radius 3 is 2.56 bits per heavy atom. The van der Waals surface area contributed by atoms with Crippen LogP contribution >= 0.6 is 0 Å². The van der Waals surface area contributed by atoms with Gasteiger partial charge in [-0.05, 0) is 31.7 Å². The summed E-state index contributed by atoms with van der Waals surface area (Å²) in [7, 11) is 0. The molecule has 2 fully saturated rings. The predicted octanol–water partition coefficient (Wildman–Crippen LogP) is 0.650. The molecule has 0 aromatic heterocycles. The standard InChI is InChI=1S/C20H26N2O5/c1-2-27-19(26)16-17(24)18(25)21-20(16)10-12-22(13-11-20)15(23)9-8-14-6-4-3-5-7-14/h3-7,16-17,24H,2,8-13H2,1H3,(H,21,25)/t16-,17+/m0/s1. The number of nitrogens with one attached hydrogen (secondary N) is 1. The number of rotatable bonds is 5. The van der Waals surface area contributed by atoms with E-state index in [-0.39, 0.29) is 12.5 Å². The van der Waals surface area contributed by atoms with E-state index in [4.69, 9.17) is 4.74 Å². The van der Waals surface area contributed by atoms with Gasteiger partial charge in [-0.15, -0.1) is 0 Å². The molecule has 0 unspecified atom stereocenters. The molecule has 7 nitrogen and oxygen atoms in total. The van der Waals surface area contributed by atoms with E-state index in [2.05, 4.69) is 5.32 Å². The fraction of sp³-hybridized carbons (Fsp3) is 0.550. The van der Waals surface area contributed by atoms with Gasteiger partial charge in [0.25, 0.3) is 0 Å². The monoisotopic (exact) mass is 374 g/mol. The van der Waals surface area contributed by atoms with Gasteiger partial charge < -0.3 is 20.1 Å². The highest BCUT2D eigenvalue weighted by molar-refractivity contribution is 5.92. The van der Waals surface area contributed by atoms with Crippen molar-refractivity contribution < 1.29 is 24.2 Å². The third kappa shape index (κ3) is 3.98. The average Bonchev–Trinajstić information content (AvgIpc) is 2.91. The number of piperidine rings is 1. The summed E-state index contributed by atoms with van der Waals surface area (Å²) in [5, 5.41) is 13.0. The SMILES string of the molecule is CCOC(=O)[C@@H]1[C@@H](O)C(=O)NC12CCN(C(=O)CCc1ccccc1)CC2. The molecule has 0 saturated carbocycles. The highest BCUT2D eigenvalue weighted by Crippen LogP contribution is 2.38. The summed E-state index contributed by atoms with van der Waals surface area (Å²) in [6.45, 7) is 2.76. The highest BCUT2D eigenvalue weighted by atomic mass is 16.5. The summed E-state index contributed by atoms with van der Waals surface area (Å²) in [5.41, 5.74) is 0.284. The summed E-state index contributed by atoms with van der Waals surface area (Å²) in [6.07, 6.45) is 0.562. The normalized spacial score (nSPS) is 23.9. The van der Waals surface area contributed by atoms with Crippen molar-refractivity contribution >= 4 is 17.8 Å². The molecule has 2 N–H and O–H groups in total.